The van der Waals surface area contributed by atoms with Crippen LogP contribution in [0.1, 0.15) is 0 Å². The maximum absolute atomic E-state index is 9.81. The minimum absolute atomic E-state index is 0.169. The fourth-order valence-electron chi connectivity index (χ4n) is 2.54. The number of pyridine rings is 1. The predicted octanol–water partition coefficient (Wildman–Crippen LogP) is 4.43. The topological polar surface area (TPSA) is 58.6 Å². The van der Waals surface area contributed by atoms with E-state index in [0.29, 0.717) is 22.5 Å². The molecule has 4 heteroatoms. The first-order valence-corrected chi connectivity index (χ1v) is 7.58. The van der Waals surface area contributed by atoms with Crippen LogP contribution in [0.4, 0.5) is 5.82 Å². The third-order valence-corrected chi connectivity index (χ3v) is 3.67. The Morgan fingerprint density at radius 3 is 2.50 bits per heavy atom. The normalized spacial score (nSPS) is 11.8. The monoisotopic (exact) mass is 314 g/mol. The fraction of sp³-hybridized carbons (Fsp3) is 0. The molecule has 24 heavy (non-hydrogen) atoms. The molecule has 116 valence electrons. The van der Waals surface area contributed by atoms with E-state index in [-0.39, 0.29) is 5.75 Å². The lowest BCUT2D eigenvalue weighted by atomic mass is 10.1. The zero-order chi connectivity index (χ0) is 16.4. The van der Waals surface area contributed by atoms with Crippen LogP contribution in [0.25, 0.3) is 22.3 Å². The third kappa shape index (κ3) is 2.77. The van der Waals surface area contributed by atoms with Crippen molar-refractivity contribution in [2.45, 2.75) is 0 Å². The van der Waals surface area contributed by atoms with Crippen molar-refractivity contribution in [3.05, 3.63) is 84.4 Å². The summed E-state index contributed by atoms with van der Waals surface area (Å²) in [5.74, 6) is 1.48. The first-order chi connectivity index (χ1) is 11.8. The molecule has 4 rings (SSSR count). The second-order valence-electron chi connectivity index (χ2n) is 5.34. The van der Waals surface area contributed by atoms with E-state index < -0.39 is 0 Å². The van der Waals surface area contributed by atoms with E-state index in [9.17, 15) is 5.11 Å². The molecule has 0 aliphatic carbocycles. The molecule has 0 bridgehead atoms. The van der Waals surface area contributed by atoms with Gasteiger partial charge in [0.1, 0.15) is 17.1 Å². The Morgan fingerprint density at radius 2 is 1.71 bits per heavy atom. The van der Waals surface area contributed by atoms with Crippen LogP contribution >= 0.6 is 0 Å². The van der Waals surface area contributed by atoms with Crippen LogP contribution in [0.3, 0.4) is 0 Å². The van der Waals surface area contributed by atoms with Crippen molar-refractivity contribution in [2.75, 3.05) is 0 Å². The average Bonchev–Trinajstić information content (AvgIpc) is 2.63. The van der Waals surface area contributed by atoms with Gasteiger partial charge in [-0.05, 0) is 30.3 Å². The van der Waals surface area contributed by atoms with Crippen LogP contribution in [0.15, 0.2) is 88.4 Å². The predicted molar refractivity (Wildman–Crippen MR) is 92.8 cm³/mol. The molecule has 0 amide bonds. The molecule has 0 saturated carbocycles. The standard InChI is InChI=1S/C20H14N2O2/c23-15-9-10-18-16(12-15)17(22-20-8-4-5-11-21-20)13-19(24-18)14-6-2-1-3-7-14/h1-13,23H. The van der Waals surface area contributed by atoms with Gasteiger partial charge in [-0.3, -0.25) is 0 Å². The lowest BCUT2D eigenvalue weighted by Gasteiger charge is -2.05. The second-order valence-corrected chi connectivity index (χ2v) is 5.34. The number of fused-ring (bicyclic) bond motifs is 1. The van der Waals surface area contributed by atoms with Gasteiger partial charge in [-0.25, -0.2) is 9.98 Å². The van der Waals surface area contributed by atoms with E-state index >= 15 is 0 Å². The number of aromatic hydroxyl groups is 1. The number of aromatic nitrogens is 1. The molecule has 2 heterocycles. The van der Waals surface area contributed by atoms with Gasteiger partial charge < -0.3 is 9.52 Å². The summed E-state index contributed by atoms with van der Waals surface area (Å²) in [4.78, 5) is 8.86. The number of phenolic OH excluding ortho intramolecular Hbond substituents is 1. The van der Waals surface area contributed by atoms with Crippen molar-refractivity contribution in [1.82, 2.24) is 4.98 Å². The highest BCUT2D eigenvalue weighted by atomic mass is 16.3. The van der Waals surface area contributed by atoms with Crippen molar-refractivity contribution in [2.24, 2.45) is 4.99 Å². The Hall–Kier alpha value is -3.40. The molecule has 0 radical (unpaired) electrons. The molecule has 2 aromatic carbocycles. The van der Waals surface area contributed by atoms with Crippen LogP contribution in [0, 0.1) is 0 Å². The summed E-state index contributed by atoms with van der Waals surface area (Å²) in [6, 6.07) is 22.3. The van der Waals surface area contributed by atoms with E-state index in [0.717, 1.165) is 10.9 Å². The second kappa shape index (κ2) is 6.01. The first-order valence-electron chi connectivity index (χ1n) is 7.58. The molecule has 0 aliphatic heterocycles. The molecule has 0 aliphatic rings. The smallest absolute Gasteiger partial charge is 0.152 e. The van der Waals surface area contributed by atoms with Gasteiger partial charge in [0, 0.05) is 23.2 Å². The average molecular weight is 314 g/mol. The van der Waals surface area contributed by atoms with Crippen molar-refractivity contribution < 1.29 is 9.52 Å². The van der Waals surface area contributed by atoms with Gasteiger partial charge in [0.25, 0.3) is 0 Å². The number of benzene rings is 2. The molecule has 4 aromatic rings. The summed E-state index contributed by atoms with van der Waals surface area (Å²) in [6.07, 6.45) is 1.70. The molecular formula is C20H14N2O2. The first kappa shape index (κ1) is 14.2. The Bertz CT molecular complexity index is 1060. The maximum Gasteiger partial charge on any atom is 0.152 e. The molecule has 0 unspecified atom stereocenters. The number of phenols is 1. The summed E-state index contributed by atoms with van der Waals surface area (Å²) >= 11 is 0. The van der Waals surface area contributed by atoms with Crippen LogP contribution in [0.2, 0.25) is 0 Å². The summed E-state index contributed by atoms with van der Waals surface area (Å²) < 4.78 is 5.99. The Balaban J connectivity index is 2.02. The molecule has 1 N–H and O–H groups in total. The van der Waals surface area contributed by atoms with Gasteiger partial charge in [0.05, 0.1) is 5.36 Å². The summed E-state index contributed by atoms with van der Waals surface area (Å²) in [5, 5.41) is 11.2. The van der Waals surface area contributed by atoms with Gasteiger partial charge in [0.2, 0.25) is 0 Å². The fourth-order valence-corrected chi connectivity index (χ4v) is 2.54. The van der Waals surface area contributed by atoms with Crippen molar-refractivity contribution in [1.29, 1.82) is 0 Å². The van der Waals surface area contributed by atoms with Crippen LogP contribution in [0.5, 0.6) is 5.75 Å². The molecule has 0 fully saturated rings. The molecular weight excluding hydrogens is 300 g/mol. The zero-order valence-corrected chi connectivity index (χ0v) is 12.8. The van der Waals surface area contributed by atoms with Crippen LogP contribution in [-0.4, -0.2) is 10.1 Å². The lowest BCUT2D eigenvalue weighted by molar-refractivity contribution is 0.475. The highest BCUT2D eigenvalue weighted by Crippen LogP contribution is 2.24. The van der Waals surface area contributed by atoms with E-state index in [1.54, 1.807) is 24.4 Å². The van der Waals surface area contributed by atoms with Gasteiger partial charge in [-0.15, -0.1) is 0 Å². The molecule has 0 spiro atoms. The van der Waals surface area contributed by atoms with E-state index in [2.05, 4.69) is 9.98 Å². The molecule has 0 atom stereocenters. The van der Waals surface area contributed by atoms with E-state index in [4.69, 9.17) is 4.42 Å². The Morgan fingerprint density at radius 1 is 0.875 bits per heavy atom. The summed E-state index contributed by atoms with van der Waals surface area (Å²) in [7, 11) is 0. The zero-order valence-electron chi connectivity index (χ0n) is 12.8. The lowest BCUT2D eigenvalue weighted by Crippen LogP contribution is -2.03. The SMILES string of the molecule is Oc1ccc2oc(-c3ccccc3)cc(=Nc3ccccn3)c2c1. The van der Waals surface area contributed by atoms with Gasteiger partial charge in [0.15, 0.2) is 5.82 Å². The number of hydrogen-bond donors (Lipinski definition) is 1. The van der Waals surface area contributed by atoms with Gasteiger partial charge in [-0.1, -0.05) is 36.4 Å². The van der Waals surface area contributed by atoms with Gasteiger partial charge >= 0.3 is 0 Å². The quantitative estimate of drug-likeness (QED) is 0.595. The molecule has 0 saturated heterocycles. The minimum Gasteiger partial charge on any atom is -0.508 e. The van der Waals surface area contributed by atoms with E-state index in [1.165, 1.54) is 0 Å². The van der Waals surface area contributed by atoms with E-state index in [1.807, 2.05) is 54.6 Å². The third-order valence-electron chi connectivity index (χ3n) is 3.67. The highest BCUT2D eigenvalue weighted by molar-refractivity contribution is 5.80. The number of nitrogens with zero attached hydrogens (tertiary/aromatic N) is 2. The Kier molecular flexibility index (Phi) is 3.56. The summed E-state index contributed by atoms with van der Waals surface area (Å²) in [6.45, 7) is 0. The van der Waals surface area contributed by atoms with Crippen LogP contribution in [-0.2, 0) is 0 Å². The van der Waals surface area contributed by atoms with Crippen molar-refractivity contribution in [3.63, 3.8) is 0 Å². The highest BCUT2D eigenvalue weighted by Gasteiger charge is 2.07. The largest absolute Gasteiger partial charge is 0.508 e. The van der Waals surface area contributed by atoms with Crippen molar-refractivity contribution in [3.8, 4) is 17.1 Å². The van der Waals surface area contributed by atoms with Crippen LogP contribution < -0.4 is 5.36 Å². The Labute approximate surface area is 138 Å². The van der Waals surface area contributed by atoms with Gasteiger partial charge in [-0.2, -0.15) is 0 Å². The number of rotatable bonds is 2. The molecule has 4 nitrogen and oxygen atoms in total. The number of hydrogen-bond acceptors (Lipinski definition) is 4. The van der Waals surface area contributed by atoms with Crippen molar-refractivity contribution >= 4 is 16.8 Å². The molecule has 2 aromatic heterocycles. The maximum atomic E-state index is 9.81. The summed E-state index contributed by atoms with van der Waals surface area (Å²) in [5.41, 5.74) is 1.62. The minimum atomic E-state index is 0.169.